The summed E-state index contributed by atoms with van der Waals surface area (Å²) in [6, 6.07) is 6.49. The summed E-state index contributed by atoms with van der Waals surface area (Å²) in [5.74, 6) is -2.77. The molecule has 1 unspecified atom stereocenters. The van der Waals surface area contributed by atoms with Gasteiger partial charge in [0.05, 0.1) is 25.7 Å². The van der Waals surface area contributed by atoms with E-state index in [4.69, 9.17) is 10.5 Å². The molecule has 14 nitrogen and oxygen atoms in total. The summed E-state index contributed by atoms with van der Waals surface area (Å²) in [7, 11) is 0. The van der Waals surface area contributed by atoms with Gasteiger partial charge in [0.15, 0.2) is 0 Å². The minimum atomic E-state index is -1.09. The number of likely N-dealkylation sites (N-methyl/N-ethyl adjacent to an activating group) is 1. The fourth-order valence-electron chi connectivity index (χ4n) is 3.35. The van der Waals surface area contributed by atoms with Crippen molar-refractivity contribution in [2.45, 2.75) is 64.6 Å². The number of benzene rings is 1. The van der Waals surface area contributed by atoms with E-state index in [9.17, 15) is 28.8 Å². The Bertz CT molecular complexity index is 1030. The summed E-state index contributed by atoms with van der Waals surface area (Å²) in [6.45, 7) is 6.73. The molecular formula is C27H43N7O7. The van der Waals surface area contributed by atoms with Gasteiger partial charge >= 0.3 is 6.09 Å². The van der Waals surface area contributed by atoms with E-state index in [-0.39, 0.29) is 12.5 Å². The Balaban J connectivity index is 2.40. The topological polar surface area (TPSA) is 210 Å². The second-order valence-electron chi connectivity index (χ2n) is 10.1. The third-order valence-corrected chi connectivity index (χ3v) is 5.31. The van der Waals surface area contributed by atoms with Gasteiger partial charge in [-0.2, -0.15) is 0 Å². The first-order chi connectivity index (χ1) is 19.3. The molecule has 0 bridgehead atoms. The van der Waals surface area contributed by atoms with Gasteiger partial charge in [-0.15, -0.1) is 0 Å². The highest BCUT2D eigenvalue weighted by Crippen LogP contribution is 2.12. The first-order valence-electron chi connectivity index (χ1n) is 13.5. The first kappa shape index (κ1) is 34.8. The predicted octanol–water partition coefficient (Wildman–Crippen LogP) is -0.649. The van der Waals surface area contributed by atoms with Crippen molar-refractivity contribution in [3.05, 3.63) is 35.9 Å². The minimum Gasteiger partial charge on any atom is -0.444 e. The molecule has 0 aliphatic heterocycles. The summed E-state index contributed by atoms with van der Waals surface area (Å²) in [5.41, 5.74) is 5.77. The van der Waals surface area contributed by atoms with Crippen LogP contribution in [0.2, 0.25) is 0 Å². The highest BCUT2D eigenvalue weighted by molar-refractivity contribution is 5.93. The van der Waals surface area contributed by atoms with Gasteiger partial charge in [-0.3, -0.25) is 24.0 Å². The smallest absolute Gasteiger partial charge is 0.407 e. The molecular weight excluding hydrogens is 534 g/mol. The summed E-state index contributed by atoms with van der Waals surface area (Å²) in [6.07, 6.45) is 0.976. The standard InChI is InChI=1S/C27H43N7O7/c1-5-29-20(35)15-33-25(39)23(18-11-7-6-8-12-18)34-22(37)17-31-21(36)16-32-24(38)19(28)13-9-10-14-30-26(40)41-27(2,3)4/h6-8,11-12,19,23H,5,9-10,13-17,28H2,1-4H3,(H,29,35)(H,30,40)(H,31,36)(H,32,38)(H,33,39)(H,34,37)/t19?,23-/m0/s1. The van der Waals surface area contributed by atoms with E-state index in [0.29, 0.717) is 37.9 Å². The molecule has 14 heteroatoms. The molecule has 0 fully saturated rings. The van der Waals surface area contributed by atoms with Gasteiger partial charge in [0.2, 0.25) is 29.5 Å². The lowest BCUT2D eigenvalue weighted by molar-refractivity contribution is -0.131. The number of ether oxygens (including phenoxy) is 1. The monoisotopic (exact) mass is 577 g/mol. The Hall–Kier alpha value is -4.20. The number of unbranched alkanes of at least 4 members (excludes halogenated alkanes) is 1. The summed E-state index contributed by atoms with van der Waals surface area (Å²) < 4.78 is 5.13. The van der Waals surface area contributed by atoms with Crippen LogP contribution in [0.15, 0.2) is 30.3 Å². The molecule has 2 atom stereocenters. The van der Waals surface area contributed by atoms with Crippen LogP contribution in [-0.4, -0.2) is 80.0 Å². The highest BCUT2D eigenvalue weighted by atomic mass is 16.6. The molecule has 1 aromatic rings. The van der Waals surface area contributed by atoms with Gasteiger partial charge in [0.25, 0.3) is 0 Å². The second kappa shape index (κ2) is 18.2. The number of hydrogen-bond donors (Lipinski definition) is 7. The zero-order valence-electron chi connectivity index (χ0n) is 24.1. The van der Waals surface area contributed by atoms with Gasteiger partial charge < -0.3 is 42.4 Å². The SMILES string of the molecule is CCNC(=O)CNC(=O)[C@@H](NC(=O)CNC(=O)CNC(=O)C(N)CCCCNC(=O)OC(C)(C)C)c1ccccc1. The Labute approximate surface area is 240 Å². The maximum Gasteiger partial charge on any atom is 0.407 e. The second-order valence-corrected chi connectivity index (χ2v) is 10.1. The van der Waals surface area contributed by atoms with E-state index in [1.165, 1.54) is 0 Å². The van der Waals surface area contributed by atoms with E-state index in [0.717, 1.165) is 0 Å². The van der Waals surface area contributed by atoms with E-state index >= 15 is 0 Å². The Morgan fingerprint density at radius 3 is 1.98 bits per heavy atom. The van der Waals surface area contributed by atoms with Crippen molar-refractivity contribution >= 4 is 35.6 Å². The lowest BCUT2D eigenvalue weighted by atomic mass is 10.1. The summed E-state index contributed by atoms with van der Waals surface area (Å²) in [4.78, 5) is 72.8. The minimum absolute atomic E-state index is 0.257. The molecule has 8 N–H and O–H groups in total. The number of carbonyl (C=O) groups excluding carboxylic acids is 6. The Kier molecular flexibility index (Phi) is 15.5. The number of carbonyl (C=O) groups is 6. The highest BCUT2D eigenvalue weighted by Gasteiger charge is 2.23. The van der Waals surface area contributed by atoms with Crippen LogP contribution in [0, 0.1) is 0 Å². The maximum absolute atomic E-state index is 12.7. The van der Waals surface area contributed by atoms with Crippen LogP contribution in [0.1, 0.15) is 58.6 Å². The summed E-state index contributed by atoms with van der Waals surface area (Å²) >= 11 is 0. The van der Waals surface area contributed by atoms with E-state index < -0.39 is 60.5 Å². The number of hydrogen-bond acceptors (Lipinski definition) is 8. The van der Waals surface area contributed by atoms with Crippen molar-refractivity contribution in [1.82, 2.24) is 31.9 Å². The van der Waals surface area contributed by atoms with Crippen LogP contribution in [0.4, 0.5) is 4.79 Å². The molecule has 1 aromatic carbocycles. The number of nitrogens with one attached hydrogen (secondary N) is 6. The van der Waals surface area contributed by atoms with Crippen molar-refractivity contribution in [3.63, 3.8) is 0 Å². The van der Waals surface area contributed by atoms with Crippen LogP contribution in [0.3, 0.4) is 0 Å². The van der Waals surface area contributed by atoms with E-state index in [1.807, 2.05) is 0 Å². The molecule has 0 heterocycles. The van der Waals surface area contributed by atoms with Crippen molar-refractivity contribution in [3.8, 4) is 0 Å². The van der Waals surface area contributed by atoms with Gasteiger partial charge in [0, 0.05) is 13.1 Å². The van der Waals surface area contributed by atoms with Crippen LogP contribution in [-0.2, 0) is 28.7 Å². The van der Waals surface area contributed by atoms with Gasteiger partial charge in [-0.25, -0.2) is 4.79 Å². The fourth-order valence-corrected chi connectivity index (χ4v) is 3.35. The number of nitrogens with two attached hydrogens (primary N) is 1. The van der Waals surface area contributed by atoms with Gasteiger partial charge in [-0.05, 0) is 52.5 Å². The molecule has 0 spiro atoms. The van der Waals surface area contributed by atoms with Crippen molar-refractivity contribution in [2.75, 3.05) is 32.7 Å². The molecule has 0 aliphatic rings. The van der Waals surface area contributed by atoms with Crippen molar-refractivity contribution in [2.24, 2.45) is 5.73 Å². The number of amides is 6. The number of alkyl carbamates (subject to hydrolysis) is 1. The van der Waals surface area contributed by atoms with Crippen molar-refractivity contribution < 1.29 is 33.5 Å². The zero-order valence-corrected chi connectivity index (χ0v) is 24.1. The third kappa shape index (κ3) is 15.8. The molecule has 0 saturated heterocycles. The molecule has 0 aliphatic carbocycles. The predicted molar refractivity (Wildman–Crippen MR) is 151 cm³/mol. The van der Waals surface area contributed by atoms with E-state index in [1.54, 1.807) is 58.0 Å². The fraction of sp³-hybridized carbons (Fsp3) is 0.556. The average Bonchev–Trinajstić information content (AvgIpc) is 2.91. The zero-order chi connectivity index (χ0) is 30.8. The molecule has 6 amide bonds. The molecule has 228 valence electrons. The molecule has 0 aromatic heterocycles. The molecule has 0 saturated carbocycles. The lowest BCUT2D eigenvalue weighted by Gasteiger charge is -2.19. The van der Waals surface area contributed by atoms with Crippen LogP contribution >= 0.6 is 0 Å². The van der Waals surface area contributed by atoms with Crippen LogP contribution in [0.25, 0.3) is 0 Å². The molecule has 1 rings (SSSR count). The van der Waals surface area contributed by atoms with Gasteiger partial charge in [-0.1, -0.05) is 30.3 Å². The van der Waals surface area contributed by atoms with Gasteiger partial charge in [0.1, 0.15) is 11.6 Å². The molecule has 0 radical (unpaired) electrons. The Morgan fingerprint density at radius 1 is 0.780 bits per heavy atom. The normalized spacial score (nSPS) is 12.2. The average molecular weight is 578 g/mol. The van der Waals surface area contributed by atoms with Crippen LogP contribution < -0.4 is 37.6 Å². The first-order valence-corrected chi connectivity index (χ1v) is 13.5. The van der Waals surface area contributed by atoms with E-state index in [2.05, 4.69) is 31.9 Å². The lowest BCUT2D eigenvalue weighted by Crippen LogP contribution is -2.48. The van der Waals surface area contributed by atoms with Crippen LogP contribution in [0.5, 0.6) is 0 Å². The largest absolute Gasteiger partial charge is 0.444 e. The third-order valence-electron chi connectivity index (χ3n) is 5.31. The summed E-state index contributed by atoms with van der Waals surface area (Å²) in [5, 5.41) is 15.0. The Morgan fingerprint density at radius 2 is 1.37 bits per heavy atom. The van der Waals surface area contributed by atoms with Crippen molar-refractivity contribution in [1.29, 1.82) is 0 Å². The maximum atomic E-state index is 12.7. The molecule has 41 heavy (non-hydrogen) atoms. The quantitative estimate of drug-likeness (QED) is 0.125. The number of rotatable bonds is 16.